The fraction of sp³-hybridized carbons (Fsp3) is 0.241. The molecular weight excluding hydrogens is 470 g/mol. The summed E-state index contributed by atoms with van der Waals surface area (Å²) < 4.78 is 11.0. The van der Waals surface area contributed by atoms with Crippen LogP contribution in [0.15, 0.2) is 65.5 Å². The summed E-state index contributed by atoms with van der Waals surface area (Å²) in [4.78, 5) is 18.1. The Balaban J connectivity index is 1.44. The minimum atomic E-state index is -0.142. The summed E-state index contributed by atoms with van der Waals surface area (Å²) in [5.41, 5.74) is 7.00. The highest BCUT2D eigenvalue weighted by molar-refractivity contribution is 7.80. The summed E-state index contributed by atoms with van der Waals surface area (Å²) in [5.74, 6) is 1.33. The number of rotatable bonds is 6. The summed E-state index contributed by atoms with van der Waals surface area (Å²) in [6.45, 7) is 7.48. The maximum Gasteiger partial charge on any atom is 0.253 e. The molecular formula is C29H29N3O3S. The third kappa shape index (κ3) is 5.06. The molecule has 4 aromatic rings. The molecule has 0 saturated carbocycles. The number of aromatic amines is 1. The van der Waals surface area contributed by atoms with Crippen molar-refractivity contribution in [2.24, 2.45) is 0 Å². The SMILES string of the molecule is Cc1ccc(NC(=S)N(CCc2ccccc2C)Cc2cc3cc4c(cc3[nH]c2=O)OCO4)c(C)c1. The van der Waals surface area contributed by atoms with Crippen LogP contribution in [-0.2, 0) is 13.0 Å². The van der Waals surface area contributed by atoms with Gasteiger partial charge >= 0.3 is 0 Å². The van der Waals surface area contributed by atoms with E-state index in [4.69, 9.17) is 21.7 Å². The highest BCUT2D eigenvalue weighted by atomic mass is 32.1. The van der Waals surface area contributed by atoms with Gasteiger partial charge in [-0.15, -0.1) is 0 Å². The molecule has 7 heteroatoms. The minimum absolute atomic E-state index is 0.142. The van der Waals surface area contributed by atoms with Crippen LogP contribution in [0.3, 0.4) is 0 Å². The average molecular weight is 500 g/mol. The molecule has 2 heterocycles. The highest BCUT2D eigenvalue weighted by Crippen LogP contribution is 2.35. The van der Waals surface area contributed by atoms with Crippen LogP contribution in [-0.4, -0.2) is 28.3 Å². The van der Waals surface area contributed by atoms with Gasteiger partial charge in [-0.2, -0.15) is 0 Å². The fourth-order valence-corrected chi connectivity index (χ4v) is 4.78. The van der Waals surface area contributed by atoms with Crippen molar-refractivity contribution in [3.63, 3.8) is 0 Å². The predicted molar refractivity (Wildman–Crippen MR) is 148 cm³/mol. The van der Waals surface area contributed by atoms with Crippen LogP contribution >= 0.6 is 12.2 Å². The summed E-state index contributed by atoms with van der Waals surface area (Å²) in [5, 5.41) is 4.88. The van der Waals surface area contributed by atoms with Crippen molar-refractivity contribution >= 4 is 33.9 Å². The fourth-order valence-electron chi connectivity index (χ4n) is 4.51. The second kappa shape index (κ2) is 10.0. The Morgan fingerprint density at radius 3 is 2.53 bits per heavy atom. The second-order valence-corrected chi connectivity index (χ2v) is 9.65. The lowest BCUT2D eigenvalue weighted by atomic mass is 10.1. The maximum atomic E-state index is 13.1. The van der Waals surface area contributed by atoms with Gasteiger partial charge in [-0.1, -0.05) is 42.0 Å². The molecule has 1 aromatic heterocycles. The van der Waals surface area contributed by atoms with Gasteiger partial charge in [0, 0.05) is 29.2 Å². The molecule has 0 spiro atoms. The molecule has 0 unspecified atom stereocenters. The molecule has 0 radical (unpaired) electrons. The summed E-state index contributed by atoms with van der Waals surface area (Å²) in [6.07, 6.45) is 0.811. The molecule has 0 saturated heterocycles. The van der Waals surface area contributed by atoms with E-state index in [2.05, 4.69) is 66.3 Å². The number of aryl methyl sites for hydroxylation is 3. The van der Waals surface area contributed by atoms with Crippen molar-refractivity contribution in [3.8, 4) is 11.5 Å². The first-order valence-corrected chi connectivity index (χ1v) is 12.4. The number of thiocarbonyl (C=S) groups is 1. The highest BCUT2D eigenvalue weighted by Gasteiger charge is 2.18. The zero-order valence-electron chi connectivity index (χ0n) is 20.7. The molecule has 0 bridgehead atoms. The largest absolute Gasteiger partial charge is 0.454 e. The Hall–Kier alpha value is -3.84. The number of hydrogen-bond acceptors (Lipinski definition) is 4. The van der Waals surface area contributed by atoms with Gasteiger partial charge in [0.15, 0.2) is 16.6 Å². The van der Waals surface area contributed by atoms with Gasteiger partial charge in [0.2, 0.25) is 6.79 Å². The Morgan fingerprint density at radius 1 is 0.972 bits per heavy atom. The molecule has 3 aromatic carbocycles. The number of pyridine rings is 1. The number of H-pyrrole nitrogens is 1. The topological polar surface area (TPSA) is 66.6 Å². The van der Waals surface area contributed by atoms with Crippen molar-refractivity contribution < 1.29 is 9.47 Å². The Morgan fingerprint density at radius 2 is 1.75 bits per heavy atom. The van der Waals surface area contributed by atoms with Crippen LogP contribution in [0.25, 0.3) is 10.9 Å². The number of hydrogen-bond donors (Lipinski definition) is 2. The lowest BCUT2D eigenvalue weighted by Gasteiger charge is -2.27. The van der Waals surface area contributed by atoms with Crippen molar-refractivity contribution in [2.45, 2.75) is 33.7 Å². The first-order valence-electron chi connectivity index (χ1n) is 12.0. The van der Waals surface area contributed by atoms with Crippen LogP contribution in [0.4, 0.5) is 5.69 Å². The molecule has 5 rings (SSSR count). The molecule has 0 aliphatic carbocycles. The van der Waals surface area contributed by atoms with E-state index in [1.807, 2.05) is 30.3 Å². The van der Waals surface area contributed by atoms with Crippen molar-refractivity contribution in [1.29, 1.82) is 0 Å². The van der Waals surface area contributed by atoms with E-state index in [-0.39, 0.29) is 12.4 Å². The lowest BCUT2D eigenvalue weighted by Crippen LogP contribution is -2.37. The van der Waals surface area contributed by atoms with Gasteiger partial charge in [-0.25, -0.2) is 0 Å². The van der Waals surface area contributed by atoms with Crippen LogP contribution < -0.4 is 20.3 Å². The molecule has 36 heavy (non-hydrogen) atoms. The number of benzene rings is 3. The second-order valence-electron chi connectivity index (χ2n) is 9.26. The smallest absolute Gasteiger partial charge is 0.253 e. The van der Waals surface area contributed by atoms with Crippen LogP contribution in [0, 0.1) is 20.8 Å². The van der Waals surface area contributed by atoms with Gasteiger partial charge in [0.25, 0.3) is 5.56 Å². The van der Waals surface area contributed by atoms with Crippen molar-refractivity contribution in [2.75, 3.05) is 18.7 Å². The van der Waals surface area contributed by atoms with Crippen LogP contribution in [0.2, 0.25) is 0 Å². The zero-order chi connectivity index (χ0) is 25.2. The maximum absolute atomic E-state index is 13.1. The first-order chi connectivity index (χ1) is 17.4. The number of fused-ring (bicyclic) bond motifs is 2. The minimum Gasteiger partial charge on any atom is -0.454 e. The van der Waals surface area contributed by atoms with Gasteiger partial charge < -0.3 is 24.7 Å². The summed E-state index contributed by atoms with van der Waals surface area (Å²) >= 11 is 5.87. The molecule has 184 valence electrons. The number of ether oxygens (including phenoxy) is 2. The Bertz CT molecular complexity index is 1510. The average Bonchev–Trinajstić information content (AvgIpc) is 3.30. The van der Waals surface area contributed by atoms with Crippen LogP contribution in [0.5, 0.6) is 11.5 Å². The monoisotopic (exact) mass is 499 g/mol. The van der Waals surface area contributed by atoms with Gasteiger partial charge in [0.05, 0.1) is 12.1 Å². The first kappa shape index (κ1) is 23.9. The van der Waals surface area contributed by atoms with E-state index < -0.39 is 0 Å². The van der Waals surface area contributed by atoms with Gasteiger partial charge in [0.1, 0.15) is 0 Å². The van der Waals surface area contributed by atoms with E-state index in [1.54, 1.807) is 0 Å². The molecule has 1 aliphatic rings. The standard InChI is InChI=1S/C29H29N3O3S/c1-18-8-9-24(20(3)12-18)31-29(36)32(11-10-21-7-5-4-6-19(21)2)16-23-13-22-14-26-27(35-17-34-26)15-25(22)30-28(23)33/h4-9,12-15H,10-11,16-17H2,1-3H3,(H,30,33)(H,31,36). The van der Waals surface area contributed by atoms with E-state index >= 15 is 0 Å². The van der Waals surface area contributed by atoms with E-state index in [1.165, 1.54) is 16.7 Å². The number of aromatic nitrogens is 1. The van der Waals surface area contributed by atoms with E-state index in [9.17, 15) is 4.79 Å². The van der Waals surface area contributed by atoms with Crippen molar-refractivity contribution in [3.05, 3.63) is 98.8 Å². The molecule has 2 N–H and O–H groups in total. The van der Waals surface area contributed by atoms with Crippen LogP contribution in [0.1, 0.15) is 27.8 Å². The summed E-state index contributed by atoms with van der Waals surface area (Å²) in [6, 6.07) is 20.2. The third-order valence-corrected chi connectivity index (χ3v) is 6.96. The molecule has 0 amide bonds. The molecule has 0 fully saturated rings. The lowest BCUT2D eigenvalue weighted by molar-refractivity contribution is 0.174. The van der Waals surface area contributed by atoms with Gasteiger partial charge in [-0.05, 0) is 74.3 Å². The number of anilines is 1. The zero-order valence-corrected chi connectivity index (χ0v) is 21.5. The number of nitrogens with zero attached hydrogens (tertiary/aromatic N) is 1. The van der Waals surface area contributed by atoms with E-state index in [0.29, 0.717) is 35.3 Å². The third-order valence-electron chi connectivity index (χ3n) is 6.60. The number of nitrogens with one attached hydrogen (secondary N) is 2. The molecule has 0 atom stereocenters. The summed E-state index contributed by atoms with van der Waals surface area (Å²) in [7, 11) is 0. The molecule has 1 aliphatic heterocycles. The van der Waals surface area contributed by atoms with Crippen molar-refractivity contribution in [1.82, 2.24) is 9.88 Å². The predicted octanol–water partition coefficient (Wildman–Crippen LogP) is 5.62. The normalized spacial score (nSPS) is 12.1. The Labute approximate surface area is 215 Å². The molecule has 6 nitrogen and oxygen atoms in total. The quantitative estimate of drug-likeness (QED) is 0.336. The van der Waals surface area contributed by atoms with Gasteiger partial charge in [-0.3, -0.25) is 4.79 Å². The Kier molecular flexibility index (Phi) is 6.65. The van der Waals surface area contributed by atoms with E-state index in [0.717, 1.165) is 28.6 Å².